The highest BCUT2D eigenvalue weighted by Gasteiger charge is 2.54. The van der Waals surface area contributed by atoms with Crippen molar-refractivity contribution in [2.24, 2.45) is 17.8 Å². The lowest BCUT2D eigenvalue weighted by Crippen LogP contribution is -2.59. The molecule has 3 aromatic heterocycles. The molecular weight excluding hydrogens is 354 g/mol. The van der Waals surface area contributed by atoms with Crippen LogP contribution in [0.15, 0.2) is 18.3 Å². The zero-order valence-electron chi connectivity index (χ0n) is 15.9. The van der Waals surface area contributed by atoms with Gasteiger partial charge >= 0.3 is 0 Å². The molecule has 0 saturated heterocycles. The van der Waals surface area contributed by atoms with Crippen molar-refractivity contribution in [3.05, 3.63) is 24.0 Å². The highest BCUT2D eigenvalue weighted by molar-refractivity contribution is 5.89. The van der Waals surface area contributed by atoms with Gasteiger partial charge in [0, 0.05) is 24.0 Å². The molecule has 3 aromatic rings. The van der Waals surface area contributed by atoms with Crippen molar-refractivity contribution in [2.45, 2.75) is 50.7 Å². The summed E-state index contributed by atoms with van der Waals surface area (Å²) in [7, 11) is 0. The first kappa shape index (κ1) is 16.4. The molecule has 8 heteroatoms. The summed E-state index contributed by atoms with van der Waals surface area (Å²) in [4.78, 5) is 12.7. The predicted octanol–water partition coefficient (Wildman–Crippen LogP) is 3.08. The average molecular weight is 379 g/mol. The second kappa shape index (κ2) is 5.70. The Morgan fingerprint density at radius 2 is 2.00 bits per heavy atom. The lowest BCUT2D eigenvalue weighted by Gasteiger charge is -2.58. The van der Waals surface area contributed by atoms with E-state index in [1.165, 1.54) is 12.8 Å². The molecule has 8 nitrogen and oxygen atoms in total. The van der Waals surface area contributed by atoms with E-state index in [1.54, 1.807) is 0 Å². The molecule has 0 radical (unpaired) electrons. The number of fused-ring (bicyclic) bond motifs is 1. The number of aromatic nitrogens is 5. The van der Waals surface area contributed by atoms with E-state index in [-0.39, 0.29) is 0 Å². The van der Waals surface area contributed by atoms with Crippen LogP contribution in [0.2, 0.25) is 0 Å². The smallest absolute Gasteiger partial charge is 0.226 e. The first-order valence-corrected chi connectivity index (χ1v) is 10.2. The van der Waals surface area contributed by atoms with Crippen LogP contribution in [0, 0.1) is 24.7 Å². The number of nitrogens with zero attached hydrogens (tertiary/aromatic N) is 3. The lowest BCUT2D eigenvalue weighted by molar-refractivity contribution is -0.129. The second-order valence-corrected chi connectivity index (χ2v) is 9.06. The van der Waals surface area contributed by atoms with Gasteiger partial charge in [-0.2, -0.15) is 15.1 Å². The third kappa shape index (κ3) is 2.58. The highest BCUT2D eigenvalue weighted by Crippen LogP contribution is 2.56. The predicted molar refractivity (Wildman–Crippen MR) is 106 cm³/mol. The van der Waals surface area contributed by atoms with E-state index < -0.39 is 5.60 Å². The van der Waals surface area contributed by atoms with Gasteiger partial charge in [-0.25, -0.2) is 0 Å². The molecule has 5 N–H and O–H groups in total. The summed E-state index contributed by atoms with van der Waals surface area (Å²) >= 11 is 0. The van der Waals surface area contributed by atoms with Crippen molar-refractivity contribution in [3.63, 3.8) is 0 Å². The van der Waals surface area contributed by atoms with Crippen molar-refractivity contribution in [2.75, 3.05) is 10.6 Å². The van der Waals surface area contributed by atoms with Gasteiger partial charge in [0.25, 0.3) is 0 Å². The fraction of sp³-hybridized carbons (Fsp3) is 0.550. The van der Waals surface area contributed by atoms with Gasteiger partial charge in [0.2, 0.25) is 5.95 Å². The minimum Gasteiger partial charge on any atom is -0.390 e. The Morgan fingerprint density at radius 1 is 1.18 bits per heavy atom. The molecule has 4 fully saturated rings. The van der Waals surface area contributed by atoms with E-state index in [0.717, 1.165) is 47.6 Å². The molecule has 0 spiro atoms. The Labute approximate surface area is 162 Å². The number of nitrogens with one attached hydrogen (secondary N) is 4. The maximum atomic E-state index is 10.8. The molecule has 0 aliphatic heterocycles. The number of aromatic amines is 2. The summed E-state index contributed by atoms with van der Waals surface area (Å²) in [6.45, 7) is 1.97. The third-order valence-electron chi connectivity index (χ3n) is 6.90. The highest BCUT2D eigenvalue weighted by atomic mass is 16.3. The van der Waals surface area contributed by atoms with Crippen LogP contribution < -0.4 is 10.6 Å². The molecule has 0 aromatic carbocycles. The number of hydrogen-bond donors (Lipinski definition) is 5. The minimum atomic E-state index is -0.427. The Bertz CT molecular complexity index is 1020. The molecule has 4 aliphatic carbocycles. The van der Waals surface area contributed by atoms with E-state index >= 15 is 0 Å². The average Bonchev–Trinajstić information content (AvgIpc) is 3.25. The second-order valence-electron chi connectivity index (χ2n) is 9.06. The molecule has 2 atom stereocenters. The standard InChI is InChI=1S/C20H25N7O/c1-10-4-15(27-26-10)22-18-14-2-3-21-17(14)24-19(25-18)23-16-12-5-11-6-13(16)9-20(28,7-11)8-12/h2-4,11-13,16,28H,5-9H2,1H3,(H4,21,22,23,24,25,26,27). The number of anilines is 3. The summed E-state index contributed by atoms with van der Waals surface area (Å²) in [5.74, 6) is 3.81. The molecule has 4 saturated carbocycles. The lowest BCUT2D eigenvalue weighted by atomic mass is 9.52. The van der Waals surface area contributed by atoms with Gasteiger partial charge in [0.15, 0.2) is 5.82 Å². The fourth-order valence-corrected chi connectivity index (χ4v) is 6.07. The summed E-state index contributed by atoms with van der Waals surface area (Å²) in [5.41, 5.74) is 1.37. The zero-order chi connectivity index (χ0) is 18.9. The number of hydrogen-bond acceptors (Lipinski definition) is 6. The van der Waals surface area contributed by atoms with Gasteiger partial charge in [-0.3, -0.25) is 5.10 Å². The van der Waals surface area contributed by atoms with Crippen molar-refractivity contribution >= 4 is 28.6 Å². The van der Waals surface area contributed by atoms with Gasteiger partial charge in [0.1, 0.15) is 11.5 Å². The number of rotatable bonds is 4. The van der Waals surface area contributed by atoms with Crippen LogP contribution in [0.3, 0.4) is 0 Å². The number of aliphatic hydroxyl groups is 1. The fourth-order valence-electron chi connectivity index (χ4n) is 6.07. The van der Waals surface area contributed by atoms with E-state index in [9.17, 15) is 5.11 Å². The maximum absolute atomic E-state index is 10.8. The van der Waals surface area contributed by atoms with E-state index in [4.69, 9.17) is 9.97 Å². The van der Waals surface area contributed by atoms with Gasteiger partial charge in [0.05, 0.1) is 11.0 Å². The molecule has 0 amide bonds. The van der Waals surface area contributed by atoms with E-state index in [0.29, 0.717) is 29.7 Å². The van der Waals surface area contributed by atoms with Crippen LogP contribution in [0.4, 0.5) is 17.6 Å². The maximum Gasteiger partial charge on any atom is 0.226 e. The monoisotopic (exact) mass is 379 g/mol. The van der Waals surface area contributed by atoms with Crippen LogP contribution in [0.1, 0.15) is 37.8 Å². The van der Waals surface area contributed by atoms with E-state index in [1.807, 2.05) is 25.3 Å². The van der Waals surface area contributed by atoms with Crippen LogP contribution in [0.25, 0.3) is 11.0 Å². The Balaban J connectivity index is 1.31. The van der Waals surface area contributed by atoms with Gasteiger partial charge in [-0.1, -0.05) is 0 Å². The number of aryl methyl sites for hydroxylation is 1. The topological polar surface area (TPSA) is 115 Å². The van der Waals surface area contributed by atoms with Crippen LogP contribution >= 0.6 is 0 Å². The molecule has 3 heterocycles. The molecular formula is C20H25N7O. The van der Waals surface area contributed by atoms with Gasteiger partial charge in [-0.15, -0.1) is 0 Å². The summed E-state index contributed by atoms with van der Waals surface area (Å²) < 4.78 is 0. The minimum absolute atomic E-state index is 0.338. The Morgan fingerprint density at radius 3 is 2.71 bits per heavy atom. The van der Waals surface area contributed by atoms with Crippen molar-refractivity contribution < 1.29 is 5.11 Å². The molecule has 28 heavy (non-hydrogen) atoms. The normalized spacial score (nSPS) is 33.5. The van der Waals surface area contributed by atoms with Gasteiger partial charge in [-0.05, 0) is 62.8 Å². The van der Waals surface area contributed by atoms with Gasteiger partial charge < -0.3 is 20.7 Å². The molecule has 4 bridgehead atoms. The summed E-state index contributed by atoms with van der Waals surface area (Å²) in [6.07, 6.45) is 7.09. The summed E-state index contributed by atoms with van der Waals surface area (Å²) in [5, 5.41) is 25.9. The Hall–Kier alpha value is -2.61. The van der Waals surface area contributed by atoms with Crippen LogP contribution in [-0.2, 0) is 0 Å². The molecule has 146 valence electrons. The van der Waals surface area contributed by atoms with Crippen LogP contribution in [-0.4, -0.2) is 41.9 Å². The molecule has 4 aliphatic rings. The largest absolute Gasteiger partial charge is 0.390 e. The molecule has 2 unspecified atom stereocenters. The Kier molecular flexibility index (Phi) is 3.33. The molecule has 7 rings (SSSR count). The third-order valence-corrected chi connectivity index (χ3v) is 6.90. The van der Waals surface area contributed by atoms with Crippen molar-refractivity contribution in [3.8, 4) is 0 Å². The van der Waals surface area contributed by atoms with Crippen LogP contribution in [0.5, 0.6) is 0 Å². The SMILES string of the molecule is Cc1cc(Nc2nc(NC3C4CC5CC3CC(O)(C5)C4)nc3[nH]ccc23)n[nH]1. The van der Waals surface area contributed by atoms with Crippen molar-refractivity contribution in [1.29, 1.82) is 0 Å². The quantitative estimate of drug-likeness (QED) is 0.476. The first-order chi connectivity index (χ1) is 13.5. The first-order valence-electron chi connectivity index (χ1n) is 10.2. The number of H-pyrrole nitrogens is 2. The van der Waals surface area contributed by atoms with Crippen molar-refractivity contribution in [1.82, 2.24) is 25.1 Å². The zero-order valence-corrected chi connectivity index (χ0v) is 15.9. The summed E-state index contributed by atoms with van der Waals surface area (Å²) in [6, 6.07) is 4.26. The van der Waals surface area contributed by atoms with E-state index in [2.05, 4.69) is 25.8 Å².